The second-order valence-electron chi connectivity index (χ2n) is 7.73. The second kappa shape index (κ2) is 8.20. The van der Waals surface area contributed by atoms with Crippen molar-refractivity contribution in [3.8, 4) is 16.9 Å². The lowest BCUT2D eigenvalue weighted by Crippen LogP contribution is -2.39. The van der Waals surface area contributed by atoms with Crippen molar-refractivity contribution in [1.82, 2.24) is 18.8 Å². The highest BCUT2D eigenvalue weighted by molar-refractivity contribution is 7.89. The van der Waals surface area contributed by atoms with Crippen molar-refractivity contribution in [2.75, 3.05) is 20.2 Å². The summed E-state index contributed by atoms with van der Waals surface area (Å²) in [7, 11) is -0.186. The molecule has 0 aliphatic carbocycles. The maximum absolute atomic E-state index is 13.0. The van der Waals surface area contributed by atoms with E-state index in [4.69, 9.17) is 9.72 Å². The number of hydrogen-bond acceptors (Lipinski definition) is 5. The first-order chi connectivity index (χ1) is 14.4. The predicted molar refractivity (Wildman–Crippen MR) is 115 cm³/mol. The van der Waals surface area contributed by atoms with Gasteiger partial charge in [0.25, 0.3) is 10.0 Å². The van der Waals surface area contributed by atoms with Gasteiger partial charge in [0.2, 0.25) is 0 Å². The number of nitrogens with zero attached hydrogens (tertiary/aromatic N) is 4. The third-order valence-electron chi connectivity index (χ3n) is 5.48. The van der Waals surface area contributed by atoms with Gasteiger partial charge in [0.05, 0.1) is 13.4 Å². The fourth-order valence-corrected chi connectivity index (χ4v) is 5.40. The maximum Gasteiger partial charge on any atom is 0.262 e. The molecule has 0 N–H and O–H groups in total. The normalized spacial score (nSPS) is 17.8. The van der Waals surface area contributed by atoms with Crippen molar-refractivity contribution in [3.05, 3.63) is 60.3 Å². The van der Waals surface area contributed by atoms with Gasteiger partial charge in [0.15, 0.2) is 5.03 Å². The number of piperidine rings is 1. The summed E-state index contributed by atoms with van der Waals surface area (Å²) in [5.74, 6) is 0.863. The molecule has 0 amide bonds. The zero-order valence-electron chi connectivity index (χ0n) is 17.4. The Morgan fingerprint density at radius 2 is 1.90 bits per heavy atom. The predicted octanol–water partition coefficient (Wildman–Crippen LogP) is 3.37. The number of imidazole rings is 1. The molecule has 1 fully saturated rings. The fourth-order valence-electron chi connectivity index (χ4n) is 3.91. The number of aromatic nitrogens is 3. The summed E-state index contributed by atoms with van der Waals surface area (Å²) in [5.41, 5.74) is 4.01. The van der Waals surface area contributed by atoms with Crippen LogP contribution in [0, 0.1) is 6.92 Å². The zero-order valence-corrected chi connectivity index (χ0v) is 18.3. The summed E-state index contributed by atoms with van der Waals surface area (Å²) in [5, 5.41) is 0.0989. The fraction of sp³-hybridized carbons (Fsp3) is 0.364. The monoisotopic (exact) mass is 426 g/mol. The standard InChI is InChI=1S/C22H26N4O3S/c1-16-11-19(17-6-8-20(29-3)9-7-17)12-21(24-16)18-5-4-10-26(13-18)30(27,28)22-14-25(2)15-23-22/h6-9,11-12,14-15,18H,4-5,10,13H2,1-3H3/t18-/m1/s1. The largest absolute Gasteiger partial charge is 0.497 e. The van der Waals surface area contributed by atoms with Crippen molar-refractivity contribution in [1.29, 1.82) is 0 Å². The quantitative estimate of drug-likeness (QED) is 0.625. The van der Waals surface area contributed by atoms with Gasteiger partial charge in [-0.2, -0.15) is 4.31 Å². The van der Waals surface area contributed by atoms with Crippen LogP contribution in [0.4, 0.5) is 0 Å². The average Bonchev–Trinajstić information content (AvgIpc) is 3.21. The van der Waals surface area contributed by atoms with E-state index in [-0.39, 0.29) is 10.9 Å². The smallest absolute Gasteiger partial charge is 0.262 e. The SMILES string of the molecule is COc1ccc(-c2cc(C)nc([C@@H]3CCCN(S(=O)(=O)c4cn(C)cn4)C3)c2)cc1. The van der Waals surface area contributed by atoms with Gasteiger partial charge in [-0.1, -0.05) is 12.1 Å². The summed E-state index contributed by atoms with van der Waals surface area (Å²) >= 11 is 0. The molecule has 0 unspecified atom stereocenters. The van der Waals surface area contributed by atoms with E-state index in [9.17, 15) is 8.42 Å². The summed E-state index contributed by atoms with van der Waals surface area (Å²) in [4.78, 5) is 8.79. The summed E-state index contributed by atoms with van der Waals surface area (Å²) in [6.07, 6.45) is 4.76. The molecule has 158 valence electrons. The number of methoxy groups -OCH3 is 1. The molecule has 0 bridgehead atoms. The third kappa shape index (κ3) is 4.11. The molecule has 0 radical (unpaired) electrons. The van der Waals surface area contributed by atoms with E-state index in [2.05, 4.69) is 17.1 Å². The number of sulfonamides is 1. The van der Waals surface area contributed by atoms with E-state index < -0.39 is 10.0 Å². The highest BCUT2D eigenvalue weighted by Crippen LogP contribution is 2.32. The molecule has 7 nitrogen and oxygen atoms in total. The Morgan fingerprint density at radius 1 is 1.13 bits per heavy atom. The van der Waals surface area contributed by atoms with Crippen LogP contribution in [0.15, 0.2) is 53.9 Å². The van der Waals surface area contributed by atoms with Crippen molar-refractivity contribution in [2.45, 2.75) is 30.7 Å². The number of ether oxygens (including phenoxy) is 1. The van der Waals surface area contributed by atoms with E-state index in [1.165, 1.54) is 6.33 Å². The Balaban J connectivity index is 1.61. The van der Waals surface area contributed by atoms with Crippen molar-refractivity contribution in [3.63, 3.8) is 0 Å². The average molecular weight is 427 g/mol. The van der Waals surface area contributed by atoms with Crippen LogP contribution < -0.4 is 4.74 Å². The van der Waals surface area contributed by atoms with E-state index in [0.717, 1.165) is 41.1 Å². The molecule has 1 aliphatic rings. The van der Waals surface area contributed by atoms with Gasteiger partial charge in [0, 0.05) is 43.6 Å². The molecule has 1 aromatic carbocycles. The Morgan fingerprint density at radius 3 is 2.57 bits per heavy atom. The van der Waals surface area contributed by atoms with Crippen molar-refractivity contribution >= 4 is 10.0 Å². The maximum atomic E-state index is 13.0. The molecule has 4 rings (SSSR count). The summed E-state index contributed by atoms with van der Waals surface area (Å²) < 4.78 is 34.5. The van der Waals surface area contributed by atoms with Crippen LogP contribution in [0.3, 0.4) is 0 Å². The third-order valence-corrected chi connectivity index (χ3v) is 7.24. The molecule has 0 saturated carbocycles. The Labute approximate surface area is 177 Å². The molecule has 1 aliphatic heterocycles. The van der Waals surface area contributed by atoms with E-state index in [0.29, 0.717) is 13.1 Å². The Bertz CT molecular complexity index is 1140. The van der Waals surface area contributed by atoms with Gasteiger partial charge in [-0.15, -0.1) is 0 Å². The van der Waals surface area contributed by atoms with Gasteiger partial charge in [-0.3, -0.25) is 4.98 Å². The van der Waals surface area contributed by atoms with E-state index in [1.54, 1.807) is 29.2 Å². The van der Waals surface area contributed by atoms with Crippen LogP contribution in [0.25, 0.3) is 11.1 Å². The molecule has 1 atom stereocenters. The minimum absolute atomic E-state index is 0.0501. The van der Waals surface area contributed by atoms with Gasteiger partial charge >= 0.3 is 0 Å². The van der Waals surface area contributed by atoms with Crippen LogP contribution in [0.1, 0.15) is 30.1 Å². The second-order valence-corrected chi connectivity index (χ2v) is 9.61. The summed E-state index contributed by atoms with van der Waals surface area (Å²) in [6.45, 7) is 2.89. The number of benzene rings is 1. The lowest BCUT2D eigenvalue weighted by molar-refractivity contribution is 0.312. The lowest BCUT2D eigenvalue weighted by atomic mass is 9.93. The minimum atomic E-state index is -3.60. The van der Waals surface area contributed by atoms with Gasteiger partial charge in [-0.25, -0.2) is 13.4 Å². The molecule has 3 heterocycles. The first-order valence-electron chi connectivity index (χ1n) is 9.98. The lowest BCUT2D eigenvalue weighted by Gasteiger charge is -2.31. The molecule has 0 spiro atoms. The van der Waals surface area contributed by atoms with Crippen LogP contribution in [0.5, 0.6) is 5.75 Å². The van der Waals surface area contributed by atoms with Crippen LogP contribution in [-0.4, -0.2) is 47.5 Å². The number of aryl methyl sites for hydroxylation is 2. The van der Waals surface area contributed by atoms with Crippen LogP contribution >= 0.6 is 0 Å². The van der Waals surface area contributed by atoms with Crippen molar-refractivity contribution < 1.29 is 13.2 Å². The molecule has 1 saturated heterocycles. The molecule has 8 heteroatoms. The minimum Gasteiger partial charge on any atom is -0.497 e. The highest BCUT2D eigenvalue weighted by atomic mass is 32.2. The zero-order chi connectivity index (χ0) is 21.3. The van der Waals surface area contributed by atoms with E-state index in [1.807, 2.05) is 31.2 Å². The molecular weight excluding hydrogens is 400 g/mol. The molecule has 30 heavy (non-hydrogen) atoms. The van der Waals surface area contributed by atoms with Crippen molar-refractivity contribution in [2.24, 2.45) is 7.05 Å². The van der Waals surface area contributed by atoms with E-state index >= 15 is 0 Å². The molecular formula is C22H26N4O3S. The Kier molecular flexibility index (Phi) is 5.62. The molecule has 3 aromatic rings. The van der Waals surface area contributed by atoms with Crippen LogP contribution in [0.2, 0.25) is 0 Å². The first-order valence-corrected chi connectivity index (χ1v) is 11.4. The van der Waals surface area contributed by atoms with Gasteiger partial charge in [-0.05, 0) is 55.2 Å². The number of rotatable bonds is 5. The molecule has 2 aromatic heterocycles. The van der Waals surface area contributed by atoms with Gasteiger partial charge in [0.1, 0.15) is 5.75 Å². The first kappa shape index (κ1) is 20.6. The van der Waals surface area contributed by atoms with Gasteiger partial charge < -0.3 is 9.30 Å². The Hall–Kier alpha value is -2.71. The topological polar surface area (TPSA) is 77.3 Å². The number of pyridine rings is 1. The summed E-state index contributed by atoms with van der Waals surface area (Å²) in [6, 6.07) is 12.1. The number of hydrogen-bond donors (Lipinski definition) is 0. The highest BCUT2D eigenvalue weighted by Gasteiger charge is 2.33. The van der Waals surface area contributed by atoms with Crippen LogP contribution in [-0.2, 0) is 17.1 Å².